The Morgan fingerprint density at radius 2 is 1.54 bits per heavy atom. The van der Waals surface area contributed by atoms with Crippen LogP contribution in [-0.4, -0.2) is 58.7 Å². The molecule has 4 fully saturated rings. The summed E-state index contributed by atoms with van der Waals surface area (Å²) in [5, 5.41) is 30.7. The maximum atomic E-state index is 11.9. The van der Waals surface area contributed by atoms with Crippen molar-refractivity contribution in [3.05, 3.63) is 0 Å². The SMILES string of the molecule is C[C@]12CCCC[C@H]1CC[C@@H]1[C@@H]2CC[C@@]2(C)[C@H]1CC[C@@]2(O)CN(CCO)CCO. The van der Waals surface area contributed by atoms with Crippen LogP contribution in [0, 0.1) is 34.5 Å². The molecule has 28 heavy (non-hydrogen) atoms. The van der Waals surface area contributed by atoms with E-state index in [-0.39, 0.29) is 18.6 Å². The molecule has 0 bridgehead atoms. The van der Waals surface area contributed by atoms with Crippen molar-refractivity contribution in [2.45, 2.75) is 83.7 Å². The van der Waals surface area contributed by atoms with E-state index in [1.165, 1.54) is 44.9 Å². The fraction of sp³-hybridized carbons (Fsp3) is 1.00. The summed E-state index contributed by atoms with van der Waals surface area (Å²) in [5.74, 6) is 3.23. The fourth-order valence-electron chi connectivity index (χ4n) is 8.59. The lowest BCUT2D eigenvalue weighted by molar-refractivity contribution is -0.158. The molecule has 4 heteroatoms. The molecule has 162 valence electrons. The lowest BCUT2D eigenvalue weighted by Gasteiger charge is -2.61. The summed E-state index contributed by atoms with van der Waals surface area (Å²) in [4.78, 5) is 2.07. The van der Waals surface area contributed by atoms with Gasteiger partial charge in [0.15, 0.2) is 0 Å². The number of hydrogen-bond donors (Lipinski definition) is 3. The van der Waals surface area contributed by atoms with Crippen LogP contribution in [0.2, 0.25) is 0 Å². The molecule has 0 saturated heterocycles. The Balaban J connectivity index is 1.54. The summed E-state index contributed by atoms with van der Waals surface area (Å²) in [6, 6.07) is 0. The first-order valence-electron chi connectivity index (χ1n) is 12.0. The average Bonchev–Trinajstić information content (AvgIpc) is 2.93. The average molecular weight is 394 g/mol. The van der Waals surface area contributed by atoms with Gasteiger partial charge in [0.2, 0.25) is 0 Å². The molecule has 4 aliphatic rings. The van der Waals surface area contributed by atoms with Crippen LogP contribution in [0.1, 0.15) is 78.1 Å². The molecule has 0 aromatic heterocycles. The predicted molar refractivity (Wildman–Crippen MR) is 112 cm³/mol. The Labute approximate surface area is 171 Å². The van der Waals surface area contributed by atoms with Crippen molar-refractivity contribution in [1.82, 2.24) is 4.90 Å². The molecule has 0 unspecified atom stereocenters. The highest BCUT2D eigenvalue weighted by Gasteiger charge is 2.64. The van der Waals surface area contributed by atoms with Gasteiger partial charge in [0.05, 0.1) is 18.8 Å². The van der Waals surface area contributed by atoms with Crippen LogP contribution in [-0.2, 0) is 0 Å². The third kappa shape index (κ3) is 3.18. The molecule has 4 saturated carbocycles. The number of nitrogens with zero attached hydrogens (tertiary/aromatic N) is 1. The van der Waals surface area contributed by atoms with Gasteiger partial charge in [0, 0.05) is 25.0 Å². The minimum atomic E-state index is -0.683. The largest absolute Gasteiger partial charge is 0.395 e. The van der Waals surface area contributed by atoms with Crippen LogP contribution in [0.15, 0.2) is 0 Å². The van der Waals surface area contributed by atoms with E-state index in [9.17, 15) is 15.3 Å². The minimum absolute atomic E-state index is 0.0187. The van der Waals surface area contributed by atoms with Gasteiger partial charge >= 0.3 is 0 Å². The molecule has 0 aromatic rings. The molecule has 4 aliphatic carbocycles. The van der Waals surface area contributed by atoms with Crippen molar-refractivity contribution in [2.24, 2.45) is 34.5 Å². The van der Waals surface area contributed by atoms with Crippen molar-refractivity contribution in [3.8, 4) is 0 Å². The number of hydrogen-bond acceptors (Lipinski definition) is 4. The van der Waals surface area contributed by atoms with Crippen LogP contribution in [0.4, 0.5) is 0 Å². The van der Waals surface area contributed by atoms with E-state index in [1.54, 1.807) is 0 Å². The molecule has 0 spiro atoms. The smallest absolute Gasteiger partial charge is 0.0830 e. The molecule has 0 aliphatic heterocycles. The van der Waals surface area contributed by atoms with Crippen LogP contribution < -0.4 is 0 Å². The molecule has 4 nitrogen and oxygen atoms in total. The van der Waals surface area contributed by atoms with Crippen molar-refractivity contribution in [2.75, 3.05) is 32.8 Å². The maximum Gasteiger partial charge on any atom is 0.0830 e. The van der Waals surface area contributed by atoms with E-state index in [0.717, 1.165) is 37.0 Å². The number of rotatable bonds is 6. The van der Waals surface area contributed by atoms with Crippen molar-refractivity contribution >= 4 is 0 Å². The molecular weight excluding hydrogens is 350 g/mol. The zero-order chi connectivity index (χ0) is 20.0. The quantitative estimate of drug-likeness (QED) is 0.647. The van der Waals surface area contributed by atoms with Gasteiger partial charge in [-0.1, -0.05) is 26.7 Å². The summed E-state index contributed by atoms with van der Waals surface area (Å²) < 4.78 is 0. The number of aliphatic hydroxyl groups is 3. The highest BCUT2D eigenvalue weighted by Crippen LogP contribution is 2.68. The standard InChI is InChI=1S/C24H43NO3/c1-22-10-4-3-5-18(22)6-7-19-20(22)8-11-23(2)21(19)9-12-24(23,28)17-25(13-15-26)14-16-27/h18-21,26-28H,3-17H2,1-2H3/t18-,19+,20-,21-,22-,23-,24+/m0/s1. The van der Waals surface area contributed by atoms with Crippen LogP contribution in [0.5, 0.6) is 0 Å². The third-order valence-corrected chi connectivity index (χ3v) is 10.2. The first kappa shape index (κ1) is 21.1. The van der Waals surface area contributed by atoms with Gasteiger partial charge in [0.25, 0.3) is 0 Å². The Kier molecular flexibility index (Phi) is 5.90. The predicted octanol–water partition coefficient (Wildman–Crippen LogP) is 3.44. The van der Waals surface area contributed by atoms with Gasteiger partial charge in [-0.2, -0.15) is 0 Å². The Morgan fingerprint density at radius 1 is 0.821 bits per heavy atom. The van der Waals surface area contributed by atoms with Crippen LogP contribution in [0.3, 0.4) is 0 Å². The van der Waals surface area contributed by atoms with E-state index in [4.69, 9.17) is 0 Å². The molecule has 7 atom stereocenters. The fourth-order valence-corrected chi connectivity index (χ4v) is 8.59. The zero-order valence-electron chi connectivity index (χ0n) is 18.2. The highest BCUT2D eigenvalue weighted by molar-refractivity contribution is 5.14. The van der Waals surface area contributed by atoms with E-state index < -0.39 is 5.60 Å². The van der Waals surface area contributed by atoms with Gasteiger partial charge in [0.1, 0.15) is 0 Å². The Bertz CT molecular complexity index is 550. The van der Waals surface area contributed by atoms with E-state index >= 15 is 0 Å². The van der Waals surface area contributed by atoms with Gasteiger partial charge in [-0.25, -0.2) is 0 Å². The number of fused-ring (bicyclic) bond motifs is 5. The van der Waals surface area contributed by atoms with Gasteiger partial charge < -0.3 is 15.3 Å². The second-order valence-electron chi connectivity index (χ2n) is 11.2. The van der Waals surface area contributed by atoms with E-state index in [2.05, 4.69) is 18.7 Å². The molecule has 3 N–H and O–H groups in total. The molecule has 4 rings (SSSR count). The first-order valence-corrected chi connectivity index (χ1v) is 12.0. The summed E-state index contributed by atoms with van der Waals surface area (Å²) >= 11 is 0. The van der Waals surface area contributed by atoms with Gasteiger partial charge in [-0.05, 0) is 80.5 Å². The summed E-state index contributed by atoms with van der Waals surface area (Å²) in [6.45, 7) is 6.82. The third-order valence-electron chi connectivity index (χ3n) is 10.2. The lowest BCUT2D eigenvalue weighted by atomic mass is 9.44. The first-order chi connectivity index (χ1) is 13.4. The Hall–Kier alpha value is -0.160. The van der Waals surface area contributed by atoms with Crippen LogP contribution >= 0.6 is 0 Å². The van der Waals surface area contributed by atoms with Gasteiger partial charge in [-0.3, -0.25) is 4.90 Å². The highest BCUT2D eigenvalue weighted by atomic mass is 16.3. The van der Waals surface area contributed by atoms with Gasteiger partial charge in [-0.15, -0.1) is 0 Å². The molecule has 0 heterocycles. The Morgan fingerprint density at radius 3 is 2.25 bits per heavy atom. The van der Waals surface area contributed by atoms with Crippen molar-refractivity contribution < 1.29 is 15.3 Å². The minimum Gasteiger partial charge on any atom is -0.395 e. The number of aliphatic hydroxyl groups excluding tert-OH is 2. The maximum absolute atomic E-state index is 11.9. The zero-order valence-corrected chi connectivity index (χ0v) is 18.2. The molecule has 0 amide bonds. The second kappa shape index (κ2) is 7.83. The lowest BCUT2D eigenvalue weighted by Crippen LogP contribution is -2.59. The second-order valence-corrected chi connectivity index (χ2v) is 11.2. The van der Waals surface area contributed by atoms with Crippen molar-refractivity contribution in [1.29, 1.82) is 0 Å². The topological polar surface area (TPSA) is 63.9 Å². The molecule has 0 aromatic carbocycles. The normalized spacial score (nSPS) is 48.2. The van der Waals surface area contributed by atoms with E-state index in [0.29, 0.717) is 31.0 Å². The summed E-state index contributed by atoms with van der Waals surface area (Å²) in [7, 11) is 0. The molecular formula is C24H43NO3. The molecule has 0 radical (unpaired) electrons. The summed E-state index contributed by atoms with van der Waals surface area (Å²) in [6.07, 6.45) is 13.0. The monoisotopic (exact) mass is 393 g/mol. The van der Waals surface area contributed by atoms with Crippen molar-refractivity contribution in [3.63, 3.8) is 0 Å². The summed E-state index contributed by atoms with van der Waals surface area (Å²) in [5.41, 5.74) is -0.157. The van der Waals surface area contributed by atoms with Crippen LogP contribution in [0.25, 0.3) is 0 Å². The van der Waals surface area contributed by atoms with E-state index in [1.807, 2.05) is 0 Å².